The second-order valence-corrected chi connectivity index (χ2v) is 9.12. The number of hydrogen-bond acceptors (Lipinski definition) is 4. The number of carbonyl (C=O) groups excluding carboxylic acids is 1. The van der Waals surface area contributed by atoms with Crippen LogP contribution < -0.4 is 10.5 Å². The summed E-state index contributed by atoms with van der Waals surface area (Å²) in [5.41, 5.74) is 2.12. The summed E-state index contributed by atoms with van der Waals surface area (Å²) in [6.45, 7) is 4.76. The minimum absolute atomic E-state index is 0.0987. The largest absolute Gasteiger partial charge is 0.322 e. The number of aromatic amines is 1. The van der Waals surface area contributed by atoms with Gasteiger partial charge >= 0.3 is 0 Å². The standard InChI is InChI=1S/C22H23N3O4S/c1-3-24(4-2)30(28,29)16-9-10-19-17(13-16)18(14-21(26)23-19)22(27)25-12-11-15-7-5-6-8-20(15)25/h5-10,13-14H,3-4,11-12H2,1-2H3,(H,23,26). The molecule has 0 fully saturated rings. The van der Waals surface area contributed by atoms with Crippen LogP contribution in [0, 0.1) is 0 Å². The number of hydrogen-bond donors (Lipinski definition) is 1. The van der Waals surface area contributed by atoms with E-state index in [2.05, 4.69) is 4.98 Å². The van der Waals surface area contributed by atoms with Gasteiger partial charge in [0.25, 0.3) is 5.91 Å². The lowest BCUT2D eigenvalue weighted by molar-refractivity contribution is 0.0990. The molecule has 0 aliphatic carbocycles. The summed E-state index contributed by atoms with van der Waals surface area (Å²) in [7, 11) is -3.70. The maximum Gasteiger partial charge on any atom is 0.259 e. The molecule has 1 aliphatic heterocycles. The Morgan fingerprint density at radius 1 is 1.10 bits per heavy atom. The van der Waals surface area contributed by atoms with Crippen LogP contribution in [0.15, 0.2) is 58.2 Å². The molecule has 0 bridgehead atoms. The number of anilines is 1. The average molecular weight is 426 g/mol. The van der Waals surface area contributed by atoms with Crippen molar-refractivity contribution in [3.8, 4) is 0 Å². The number of benzene rings is 2. The topological polar surface area (TPSA) is 90.5 Å². The van der Waals surface area contributed by atoms with Crippen LogP contribution in [0.4, 0.5) is 5.69 Å². The molecule has 2 heterocycles. The van der Waals surface area contributed by atoms with E-state index in [1.54, 1.807) is 24.8 Å². The van der Waals surface area contributed by atoms with Gasteiger partial charge in [0.15, 0.2) is 0 Å². The molecule has 0 atom stereocenters. The van der Waals surface area contributed by atoms with Gasteiger partial charge < -0.3 is 9.88 Å². The van der Waals surface area contributed by atoms with Gasteiger partial charge in [-0.2, -0.15) is 4.31 Å². The quantitative estimate of drug-likeness (QED) is 0.681. The summed E-state index contributed by atoms with van der Waals surface area (Å²) >= 11 is 0. The van der Waals surface area contributed by atoms with Crippen LogP contribution in [0.25, 0.3) is 10.9 Å². The van der Waals surface area contributed by atoms with Gasteiger partial charge in [-0.1, -0.05) is 32.0 Å². The zero-order chi connectivity index (χ0) is 21.5. The predicted octanol–water partition coefficient (Wildman–Crippen LogP) is 2.76. The highest BCUT2D eigenvalue weighted by atomic mass is 32.2. The molecule has 2 aromatic carbocycles. The van der Waals surface area contributed by atoms with E-state index in [4.69, 9.17) is 0 Å². The van der Waals surface area contributed by atoms with Crippen molar-refractivity contribution in [1.82, 2.24) is 9.29 Å². The van der Waals surface area contributed by atoms with Crippen LogP contribution in [0.2, 0.25) is 0 Å². The van der Waals surface area contributed by atoms with Crippen molar-refractivity contribution in [3.63, 3.8) is 0 Å². The Morgan fingerprint density at radius 2 is 1.83 bits per heavy atom. The second kappa shape index (κ2) is 7.70. The molecule has 1 aliphatic rings. The first-order valence-corrected chi connectivity index (χ1v) is 11.4. The molecule has 0 radical (unpaired) electrons. The molecule has 0 saturated heterocycles. The number of H-pyrrole nitrogens is 1. The second-order valence-electron chi connectivity index (χ2n) is 7.18. The number of fused-ring (bicyclic) bond motifs is 2. The maximum absolute atomic E-state index is 13.4. The van der Waals surface area contributed by atoms with Crippen molar-refractivity contribution >= 4 is 32.5 Å². The smallest absolute Gasteiger partial charge is 0.259 e. The van der Waals surface area contributed by atoms with Crippen LogP contribution in [0.5, 0.6) is 0 Å². The number of rotatable bonds is 5. The van der Waals surface area contributed by atoms with Gasteiger partial charge in [-0.3, -0.25) is 9.59 Å². The monoisotopic (exact) mass is 425 g/mol. The number of nitrogens with one attached hydrogen (secondary N) is 1. The molecular weight excluding hydrogens is 402 g/mol. The molecular formula is C22H23N3O4S. The Labute approximate surface area is 175 Å². The summed E-state index contributed by atoms with van der Waals surface area (Å²) in [5.74, 6) is -0.312. The van der Waals surface area contributed by atoms with E-state index in [0.29, 0.717) is 30.5 Å². The molecule has 30 heavy (non-hydrogen) atoms. The summed E-state index contributed by atoms with van der Waals surface area (Å²) in [5, 5.41) is 0.414. The van der Waals surface area contributed by atoms with E-state index in [0.717, 1.165) is 17.7 Å². The van der Waals surface area contributed by atoms with Gasteiger partial charge in [-0.15, -0.1) is 0 Å². The lowest BCUT2D eigenvalue weighted by atomic mass is 10.1. The van der Waals surface area contributed by atoms with Gasteiger partial charge in [0.2, 0.25) is 15.6 Å². The lowest BCUT2D eigenvalue weighted by Crippen LogP contribution is -2.31. The highest BCUT2D eigenvalue weighted by Gasteiger charge is 2.28. The van der Waals surface area contributed by atoms with Crippen molar-refractivity contribution in [2.45, 2.75) is 25.2 Å². The van der Waals surface area contributed by atoms with Gasteiger partial charge in [0, 0.05) is 42.3 Å². The summed E-state index contributed by atoms with van der Waals surface area (Å²) < 4.78 is 27.3. The number of aromatic nitrogens is 1. The van der Waals surface area contributed by atoms with Gasteiger partial charge in [0.05, 0.1) is 10.5 Å². The van der Waals surface area contributed by atoms with Crippen molar-refractivity contribution in [1.29, 1.82) is 0 Å². The molecule has 1 aromatic heterocycles. The fourth-order valence-electron chi connectivity index (χ4n) is 3.98. The van der Waals surface area contributed by atoms with Gasteiger partial charge in [0.1, 0.15) is 0 Å². The fraction of sp³-hybridized carbons (Fsp3) is 0.273. The highest BCUT2D eigenvalue weighted by molar-refractivity contribution is 7.89. The minimum Gasteiger partial charge on any atom is -0.322 e. The molecule has 0 unspecified atom stereocenters. The Morgan fingerprint density at radius 3 is 2.57 bits per heavy atom. The Balaban J connectivity index is 1.86. The van der Waals surface area contributed by atoms with Gasteiger partial charge in [-0.25, -0.2) is 8.42 Å². The number of amides is 1. The Bertz CT molecular complexity index is 1290. The molecule has 8 heteroatoms. The highest BCUT2D eigenvalue weighted by Crippen LogP contribution is 2.30. The van der Waals surface area contributed by atoms with Crippen molar-refractivity contribution in [2.24, 2.45) is 0 Å². The zero-order valence-electron chi connectivity index (χ0n) is 16.9. The first-order valence-electron chi connectivity index (χ1n) is 9.93. The van der Waals surface area contributed by atoms with Crippen molar-refractivity contribution in [3.05, 3.63) is 70.0 Å². The maximum atomic E-state index is 13.4. The van der Waals surface area contributed by atoms with Crippen LogP contribution in [-0.4, -0.2) is 43.2 Å². The van der Waals surface area contributed by atoms with Crippen LogP contribution >= 0.6 is 0 Å². The SMILES string of the molecule is CCN(CC)S(=O)(=O)c1ccc2[nH]c(=O)cc(C(=O)N3CCc4ccccc43)c2c1. The third-order valence-electron chi connectivity index (χ3n) is 5.52. The van der Waals surface area contributed by atoms with E-state index < -0.39 is 15.6 Å². The van der Waals surface area contributed by atoms with Crippen LogP contribution in [-0.2, 0) is 16.4 Å². The first kappa shape index (κ1) is 20.3. The van der Waals surface area contributed by atoms with E-state index in [1.807, 2.05) is 24.3 Å². The molecule has 7 nitrogen and oxygen atoms in total. The Kier molecular flexibility index (Phi) is 5.21. The average Bonchev–Trinajstić information content (AvgIpc) is 3.17. The first-order chi connectivity index (χ1) is 14.4. The van der Waals surface area contributed by atoms with E-state index in [-0.39, 0.29) is 16.4 Å². The molecule has 1 amide bonds. The molecule has 156 valence electrons. The predicted molar refractivity (Wildman–Crippen MR) is 116 cm³/mol. The number of carbonyl (C=O) groups is 1. The summed E-state index contributed by atoms with van der Waals surface area (Å²) in [6.07, 6.45) is 0.741. The molecule has 4 rings (SSSR count). The third-order valence-corrected chi connectivity index (χ3v) is 7.57. The van der Waals surface area contributed by atoms with E-state index >= 15 is 0 Å². The van der Waals surface area contributed by atoms with Crippen molar-refractivity contribution < 1.29 is 13.2 Å². The van der Waals surface area contributed by atoms with E-state index in [1.165, 1.54) is 22.5 Å². The van der Waals surface area contributed by atoms with Crippen LogP contribution in [0.3, 0.4) is 0 Å². The number of pyridine rings is 1. The van der Waals surface area contributed by atoms with Crippen LogP contribution in [0.1, 0.15) is 29.8 Å². The third kappa shape index (κ3) is 3.32. The molecule has 0 saturated carbocycles. The summed E-state index contributed by atoms with van der Waals surface area (Å²) in [4.78, 5) is 30.0. The molecule has 0 spiro atoms. The summed E-state index contributed by atoms with van der Waals surface area (Å²) in [6, 6.07) is 13.4. The molecule has 3 aromatic rings. The van der Waals surface area contributed by atoms with E-state index in [9.17, 15) is 18.0 Å². The minimum atomic E-state index is -3.70. The zero-order valence-corrected chi connectivity index (χ0v) is 17.7. The number of para-hydroxylation sites is 1. The van der Waals surface area contributed by atoms with Gasteiger partial charge in [-0.05, 0) is 36.2 Å². The number of sulfonamides is 1. The normalized spacial score (nSPS) is 13.8. The fourth-order valence-corrected chi connectivity index (χ4v) is 5.46. The Hall–Kier alpha value is -2.97. The van der Waals surface area contributed by atoms with Crippen molar-refractivity contribution in [2.75, 3.05) is 24.5 Å². The lowest BCUT2D eigenvalue weighted by Gasteiger charge is -2.20. The molecule has 1 N–H and O–H groups in total. The number of nitrogens with zero attached hydrogens (tertiary/aromatic N) is 2.